The molecule has 2 atom stereocenters. The van der Waals surface area contributed by atoms with Crippen LogP contribution in [0.15, 0.2) is 0 Å². The van der Waals surface area contributed by atoms with Crippen molar-refractivity contribution in [3.05, 3.63) is 0 Å². The maximum Gasteiger partial charge on any atom is 0.319 e. The highest BCUT2D eigenvalue weighted by atomic mass is 16.5. The van der Waals surface area contributed by atoms with Gasteiger partial charge in [0.25, 0.3) is 0 Å². The van der Waals surface area contributed by atoms with Gasteiger partial charge in [0, 0.05) is 6.61 Å². The van der Waals surface area contributed by atoms with Crippen molar-refractivity contribution in [2.75, 3.05) is 26.3 Å². The Bertz CT molecular complexity index is 208. The first-order valence-electron chi connectivity index (χ1n) is 6.25. The number of hydrogen-bond acceptors (Lipinski definition) is 4. The molecule has 1 aliphatic carbocycles. The molecule has 0 heterocycles. The lowest BCUT2D eigenvalue weighted by atomic mass is 9.79. The first kappa shape index (κ1) is 13.5. The van der Waals surface area contributed by atoms with Crippen LogP contribution in [0.4, 0.5) is 0 Å². The molecule has 0 aliphatic heterocycles. The Kier molecular flexibility index (Phi) is 6.42. The van der Waals surface area contributed by atoms with Crippen LogP contribution in [-0.2, 0) is 9.53 Å². The summed E-state index contributed by atoms with van der Waals surface area (Å²) in [6.45, 7) is 3.60. The van der Waals surface area contributed by atoms with E-state index in [-0.39, 0.29) is 19.1 Å². The largest absolute Gasteiger partial charge is 0.465 e. The van der Waals surface area contributed by atoms with Crippen LogP contribution in [0.3, 0.4) is 0 Å². The molecule has 94 valence electrons. The Morgan fingerprint density at radius 2 is 2.06 bits per heavy atom. The van der Waals surface area contributed by atoms with Crippen LogP contribution >= 0.6 is 0 Å². The van der Waals surface area contributed by atoms with Crippen LogP contribution in [0.2, 0.25) is 0 Å². The van der Waals surface area contributed by atoms with Gasteiger partial charge < -0.3 is 15.2 Å². The zero-order valence-corrected chi connectivity index (χ0v) is 10.1. The van der Waals surface area contributed by atoms with E-state index in [0.717, 1.165) is 19.4 Å². The second-order valence-corrected chi connectivity index (χ2v) is 4.42. The zero-order chi connectivity index (χ0) is 11.8. The molecule has 0 amide bonds. The summed E-state index contributed by atoms with van der Waals surface area (Å²) in [6.07, 6.45) is 4.73. The summed E-state index contributed by atoms with van der Waals surface area (Å²) in [6, 6.07) is 0. The molecule has 4 heteroatoms. The lowest BCUT2D eigenvalue weighted by Crippen LogP contribution is -2.35. The summed E-state index contributed by atoms with van der Waals surface area (Å²) in [5.74, 6) is 0.718. The smallest absolute Gasteiger partial charge is 0.319 e. The molecule has 0 spiro atoms. The summed E-state index contributed by atoms with van der Waals surface area (Å²) in [5.41, 5.74) is 0. The van der Waals surface area contributed by atoms with Gasteiger partial charge in [0.05, 0.1) is 13.2 Å². The monoisotopic (exact) mass is 229 g/mol. The molecule has 4 nitrogen and oxygen atoms in total. The molecule has 0 aromatic heterocycles. The van der Waals surface area contributed by atoms with Crippen LogP contribution in [0, 0.1) is 11.8 Å². The van der Waals surface area contributed by atoms with E-state index in [4.69, 9.17) is 4.74 Å². The van der Waals surface area contributed by atoms with Gasteiger partial charge in [0.15, 0.2) is 0 Å². The predicted octanol–water partition coefficient (Wildman–Crippen LogP) is 0.938. The Morgan fingerprint density at radius 3 is 2.69 bits per heavy atom. The van der Waals surface area contributed by atoms with E-state index in [0.29, 0.717) is 18.4 Å². The molecule has 0 radical (unpaired) electrons. The van der Waals surface area contributed by atoms with Gasteiger partial charge in [-0.25, -0.2) is 0 Å². The third-order valence-electron chi connectivity index (χ3n) is 3.28. The summed E-state index contributed by atoms with van der Waals surface area (Å²) in [5, 5.41) is 12.4. The van der Waals surface area contributed by atoms with Crippen LogP contribution in [0.1, 0.15) is 32.6 Å². The number of ether oxygens (including phenoxy) is 1. The number of carbonyl (C=O) groups is 1. The van der Waals surface area contributed by atoms with E-state index in [9.17, 15) is 9.90 Å². The quantitative estimate of drug-likeness (QED) is 0.665. The average molecular weight is 229 g/mol. The van der Waals surface area contributed by atoms with Crippen LogP contribution < -0.4 is 5.32 Å². The highest BCUT2D eigenvalue weighted by Crippen LogP contribution is 2.28. The maximum atomic E-state index is 11.1. The van der Waals surface area contributed by atoms with Crippen molar-refractivity contribution in [2.24, 2.45) is 11.8 Å². The molecular weight excluding hydrogens is 206 g/mol. The zero-order valence-electron chi connectivity index (χ0n) is 10.1. The van der Waals surface area contributed by atoms with Gasteiger partial charge in [-0.3, -0.25) is 4.79 Å². The Labute approximate surface area is 97.4 Å². The molecule has 1 aliphatic rings. The van der Waals surface area contributed by atoms with E-state index in [1.807, 2.05) is 0 Å². The van der Waals surface area contributed by atoms with Crippen molar-refractivity contribution in [3.63, 3.8) is 0 Å². The number of aliphatic hydroxyl groups excluding tert-OH is 1. The number of hydrogen-bond donors (Lipinski definition) is 2. The van der Waals surface area contributed by atoms with E-state index in [2.05, 4.69) is 5.32 Å². The fraction of sp³-hybridized carbons (Fsp3) is 0.917. The number of nitrogens with one attached hydrogen (secondary N) is 1. The highest BCUT2D eigenvalue weighted by molar-refractivity contribution is 5.71. The summed E-state index contributed by atoms with van der Waals surface area (Å²) in [4.78, 5) is 11.1. The maximum absolute atomic E-state index is 11.1. The van der Waals surface area contributed by atoms with Gasteiger partial charge in [-0.15, -0.1) is 0 Å². The predicted molar refractivity (Wildman–Crippen MR) is 62.0 cm³/mol. The minimum atomic E-state index is -0.196. The lowest BCUT2D eigenvalue weighted by Gasteiger charge is -2.30. The van der Waals surface area contributed by atoms with Gasteiger partial charge >= 0.3 is 5.97 Å². The molecule has 2 N–H and O–H groups in total. The highest BCUT2D eigenvalue weighted by Gasteiger charge is 2.24. The number of esters is 1. The lowest BCUT2D eigenvalue weighted by molar-refractivity contribution is -0.142. The Morgan fingerprint density at radius 1 is 1.38 bits per heavy atom. The van der Waals surface area contributed by atoms with Crippen molar-refractivity contribution in [1.29, 1.82) is 0 Å². The summed E-state index contributed by atoms with van der Waals surface area (Å²) in [7, 11) is 0. The summed E-state index contributed by atoms with van der Waals surface area (Å²) < 4.78 is 4.83. The van der Waals surface area contributed by atoms with Crippen LogP contribution in [-0.4, -0.2) is 37.4 Å². The van der Waals surface area contributed by atoms with Crippen LogP contribution in [0.5, 0.6) is 0 Å². The van der Waals surface area contributed by atoms with Gasteiger partial charge in [0.1, 0.15) is 0 Å². The SMILES string of the molecule is CCOC(=O)CNCC1CCCCC1CO. The first-order valence-corrected chi connectivity index (χ1v) is 6.25. The Balaban J connectivity index is 2.17. The topological polar surface area (TPSA) is 58.6 Å². The second-order valence-electron chi connectivity index (χ2n) is 4.42. The molecule has 0 saturated heterocycles. The summed E-state index contributed by atoms with van der Waals surface area (Å²) >= 11 is 0. The molecule has 2 unspecified atom stereocenters. The molecule has 1 rings (SSSR count). The standard InChI is InChI=1S/C12H23NO3/c1-2-16-12(15)8-13-7-10-5-3-4-6-11(10)9-14/h10-11,13-14H,2-9H2,1H3. The van der Waals surface area contributed by atoms with Crippen molar-refractivity contribution >= 4 is 5.97 Å². The van der Waals surface area contributed by atoms with E-state index < -0.39 is 0 Å². The minimum absolute atomic E-state index is 0.196. The Hall–Kier alpha value is -0.610. The fourth-order valence-electron chi connectivity index (χ4n) is 2.37. The third kappa shape index (κ3) is 4.49. The van der Waals surface area contributed by atoms with E-state index in [1.165, 1.54) is 12.8 Å². The normalized spacial score (nSPS) is 25.4. The van der Waals surface area contributed by atoms with Gasteiger partial charge in [-0.1, -0.05) is 12.8 Å². The number of rotatable bonds is 6. The molecule has 1 saturated carbocycles. The van der Waals surface area contributed by atoms with Crippen molar-refractivity contribution in [2.45, 2.75) is 32.6 Å². The first-order chi connectivity index (χ1) is 7.77. The van der Waals surface area contributed by atoms with Gasteiger partial charge in [0.2, 0.25) is 0 Å². The van der Waals surface area contributed by atoms with E-state index >= 15 is 0 Å². The van der Waals surface area contributed by atoms with Gasteiger partial charge in [-0.05, 0) is 38.1 Å². The van der Waals surface area contributed by atoms with Gasteiger partial charge in [-0.2, -0.15) is 0 Å². The minimum Gasteiger partial charge on any atom is -0.465 e. The molecule has 1 fully saturated rings. The second kappa shape index (κ2) is 7.63. The van der Waals surface area contributed by atoms with E-state index in [1.54, 1.807) is 6.92 Å². The molecule has 16 heavy (non-hydrogen) atoms. The average Bonchev–Trinajstić information content (AvgIpc) is 2.30. The molecule has 0 aromatic carbocycles. The fourth-order valence-corrected chi connectivity index (χ4v) is 2.37. The molecule has 0 aromatic rings. The van der Waals surface area contributed by atoms with Crippen molar-refractivity contribution < 1.29 is 14.6 Å². The molecule has 0 bridgehead atoms. The van der Waals surface area contributed by atoms with Crippen LogP contribution in [0.25, 0.3) is 0 Å². The van der Waals surface area contributed by atoms with Crippen molar-refractivity contribution in [3.8, 4) is 0 Å². The number of carbonyl (C=O) groups excluding carboxylic acids is 1. The third-order valence-corrected chi connectivity index (χ3v) is 3.28. The van der Waals surface area contributed by atoms with Crippen molar-refractivity contribution in [1.82, 2.24) is 5.32 Å². The number of aliphatic hydroxyl groups is 1. The molecular formula is C12H23NO3.